The number of hydrogen-bond donors (Lipinski definition) is 1. The highest BCUT2D eigenvalue weighted by atomic mass is 79.9. The molecule has 0 saturated carbocycles. The average Bonchev–Trinajstić information content (AvgIpc) is 2.16. The van der Waals surface area contributed by atoms with Crippen molar-refractivity contribution in [1.29, 1.82) is 0 Å². The van der Waals surface area contributed by atoms with Crippen LogP contribution in [0.1, 0.15) is 13.8 Å². The van der Waals surface area contributed by atoms with Crippen LogP contribution in [0.2, 0.25) is 0 Å². The molecule has 1 nitrogen and oxygen atoms in total. The zero-order valence-corrected chi connectivity index (χ0v) is 11.2. The summed E-state index contributed by atoms with van der Waals surface area (Å²) in [5, 5.41) is 0. The maximum Gasteiger partial charge on any atom is 0.133 e. The van der Waals surface area contributed by atoms with Crippen molar-refractivity contribution in [3.05, 3.63) is 28.5 Å². The van der Waals surface area contributed by atoms with Crippen molar-refractivity contribution < 1.29 is 9.13 Å². The molecule has 0 atom stereocenters. The zero-order valence-electron chi connectivity index (χ0n) is 8.76. The second kappa shape index (κ2) is 5.21. The van der Waals surface area contributed by atoms with Gasteiger partial charge < -0.3 is 4.74 Å². The quantitative estimate of drug-likeness (QED) is 0.828. The predicted molar refractivity (Wildman–Crippen MR) is 67.2 cm³/mol. The summed E-state index contributed by atoms with van der Waals surface area (Å²) in [5.74, 6) is 1.13. The molecule has 0 bridgehead atoms. The molecule has 0 aliphatic carbocycles. The second-order valence-corrected chi connectivity index (χ2v) is 5.36. The molecular weight excluding hydrogens is 279 g/mol. The summed E-state index contributed by atoms with van der Waals surface area (Å²) in [6.45, 7) is 4.69. The van der Waals surface area contributed by atoms with Crippen LogP contribution < -0.4 is 4.74 Å². The van der Waals surface area contributed by atoms with Crippen LogP contribution in [0.5, 0.6) is 5.75 Å². The third-order valence-electron chi connectivity index (χ3n) is 1.94. The molecule has 0 spiro atoms. The first kappa shape index (κ1) is 12.8. The Morgan fingerprint density at radius 2 is 2.13 bits per heavy atom. The van der Waals surface area contributed by atoms with E-state index in [0.717, 1.165) is 5.75 Å². The molecule has 0 radical (unpaired) electrons. The van der Waals surface area contributed by atoms with Gasteiger partial charge in [0.05, 0.1) is 11.1 Å². The van der Waals surface area contributed by atoms with E-state index in [9.17, 15) is 4.39 Å². The van der Waals surface area contributed by atoms with Crippen LogP contribution in [-0.4, -0.2) is 12.4 Å². The lowest BCUT2D eigenvalue weighted by molar-refractivity contribution is 0.201. The normalized spacial score (nSPS) is 11.5. The van der Waals surface area contributed by atoms with E-state index < -0.39 is 0 Å². The van der Waals surface area contributed by atoms with Crippen LogP contribution in [0.3, 0.4) is 0 Å². The van der Waals surface area contributed by atoms with Gasteiger partial charge in [-0.2, -0.15) is 12.6 Å². The predicted octanol–water partition coefficient (Wildman–Crippen LogP) is 3.92. The van der Waals surface area contributed by atoms with Crippen LogP contribution in [0.25, 0.3) is 0 Å². The van der Waals surface area contributed by atoms with Crippen LogP contribution >= 0.6 is 28.6 Å². The molecule has 0 aliphatic heterocycles. The molecule has 1 aromatic carbocycles. The third kappa shape index (κ3) is 4.03. The molecule has 0 heterocycles. The van der Waals surface area contributed by atoms with Crippen molar-refractivity contribution >= 4 is 28.6 Å². The summed E-state index contributed by atoms with van der Waals surface area (Å²) in [5.41, 5.74) is 0.0109. The highest BCUT2D eigenvalue weighted by molar-refractivity contribution is 9.10. The Morgan fingerprint density at radius 3 is 2.67 bits per heavy atom. The van der Waals surface area contributed by atoms with E-state index >= 15 is 0 Å². The van der Waals surface area contributed by atoms with E-state index in [1.807, 2.05) is 0 Å². The molecule has 0 N–H and O–H groups in total. The van der Waals surface area contributed by atoms with Gasteiger partial charge in [0.25, 0.3) is 0 Å². The van der Waals surface area contributed by atoms with Gasteiger partial charge in [-0.05, 0) is 39.9 Å². The third-order valence-corrected chi connectivity index (χ3v) is 3.42. The molecule has 1 rings (SSSR count). The molecule has 0 unspecified atom stereocenters. The standard InChI is InChI=1S/C11H14BrFOS/c1-11(2,7-15)6-14-10-4-3-8(13)5-9(10)12/h3-5,15H,6-7H2,1-2H3. The fourth-order valence-corrected chi connectivity index (χ4v) is 1.47. The average molecular weight is 293 g/mol. The van der Waals surface area contributed by atoms with Crippen LogP contribution in [0.15, 0.2) is 22.7 Å². The Labute approximate surface area is 104 Å². The number of thiol groups is 1. The maximum atomic E-state index is 12.8. The molecular formula is C11H14BrFOS. The molecule has 84 valence electrons. The Kier molecular flexibility index (Phi) is 4.46. The Morgan fingerprint density at radius 1 is 1.47 bits per heavy atom. The van der Waals surface area contributed by atoms with E-state index in [4.69, 9.17) is 4.74 Å². The molecule has 0 amide bonds. The summed E-state index contributed by atoms with van der Waals surface area (Å²) in [4.78, 5) is 0. The Hall–Kier alpha value is -0.220. The minimum atomic E-state index is -0.275. The second-order valence-electron chi connectivity index (χ2n) is 4.19. The van der Waals surface area contributed by atoms with Crippen molar-refractivity contribution in [1.82, 2.24) is 0 Å². The zero-order chi connectivity index (χ0) is 11.5. The number of halogens is 2. The van der Waals surface area contributed by atoms with Crippen LogP contribution in [0.4, 0.5) is 4.39 Å². The number of rotatable bonds is 4. The van der Waals surface area contributed by atoms with Gasteiger partial charge >= 0.3 is 0 Å². The lowest BCUT2D eigenvalue weighted by Crippen LogP contribution is -2.23. The monoisotopic (exact) mass is 292 g/mol. The van der Waals surface area contributed by atoms with Crippen LogP contribution in [0, 0.1) is 11.2 Å². The van der Waals surface area contributed by atoms with E-state index in [1.165, 1.54) is 12.1 Å². The minimum absolute atomic E-state index is 0.0109. The van der Waals surface area contributed by atoms with E-state index in [0.29, 0.717) is 16.8 Å². The molecule has 0 saturated heterocycles. The van der Waals surface area contributed by atoms with Gasteiger partial charge in [-0.3, -0.25) is 0 Å². The molecule has 4 heteroatoms. The fourth-order valence-electron chi connectivity index (χ4n) is 0.911. The lowest BCUT2D eigenvalue weighted by atomic mass is 9.98. The van der Waals surface area contributed by atoms with Crippen LogP contribution in [-0.2, 0) is 0 Å². The number of hydrogen-bond acceptors (Lipinski definition) is 2. The van der Waals surface area contributed by atoms with Crippen molar-refractivity contribution in [2.24, 2.45) is 5.41 Å². The largest absolute Gasteiger partial charge is 0.492 e. The minimum Gasteiger partial charge on any atom is -0.492 e. The fraction of sp³-hybridized carbons (Fsp3) is 0.455. The van der Waals surface area contributed by atoms with Gasteiger partial charge in [0.2, 0.25) is 0 Å². The van der Waals surface area contributed by atoms with Gasteiger partial charge in [-0.25, -0.2) is 4.39 Å². The van der Waals surface area contributed by atoms with Gasteiger partial charge in [0, 0.05) is 5.41 Å². The van der Waals surface area contributed by atoms with Gasteiger partial charge in [-0.15, -0.1) is 0 Å². The molecule has 0 fully saturated rings. The van der Waals surface area contributed by atoms with Gasteiger partial charge in [-0.1, -0.05) is 13.8 Å². The number of benzene rings is 1. The molecule has 0 aromatic heterocycles. The first-order valence-electron chi connectivity index (χ1n) is 4.63. The summed E-state index contributed by atoms with van der Waals surface area (Å²) >= 11 is 7.49. The van der Waals surface area contributed by atoms with Gasteiger partial charge in [0.15, 0.2) is 0 Å². The van der Waals surface area contributed by atoms with E-state index in [1.54, 1.807) is 6.07 Å². The molecule has 0 aliphatic rings. The smallest absolute Gasteiger partial charge is 0.133 e. The Balaban J connectivity index is 2.66. The van der Waals surface area contributed by atoms with Crippen molar-refractivity contribution in [3.63, 3.8) is 0 Å². The maximum absolute atomic E-state index is 12.8. The summed E-state index contributed by atoms with van der Waals surface area (Å²) in [6, 6.07) is 4.39. The summed E-state index contributed by atoms with van der Waals surface area (Å²) in [6.07, 6.45) is 0. The highest BCUT2D eigenvalue weighted by Crippen LogP contribution is 2.27. The topological polar surface area (TPSA) is 9.23 Å². The number of ether oxygens (including phenoxy) is 1. The first-order valence-corrected chi connectivity index (χ1v) is 6.06. The highest BCUT2D eigenvalue weighted by Gasteiger charge is 2.17. The van der Waals surface area contributed by atoms with Gasteiger partial charge in [0.1, 0.15) is 11.6 Å². The SMILES string of the molecule is CC(C)(CS)COc1ccc(F)cc1Br. The summed E-state index contributed by atoms with van der Waals surface area (Å²) < 4.78 is 19.0. The molecule has 15 heavy (non-hydrogen) atoms. The van der Waals surface area contributed by atoms with Crippen molar-refractivity contribution in [2.45, 2.75) is 13.8 Å². The van der Waals surface area contributed by atoms with Crippen molar-refractivity contribution in [3.8, 4) is 5.75 Å². The first-order chi connectivity index (χ1) is 6.94. The van der Waals surface area contributed by atoms with E-state index in [-0.39, 0.29) is 11.2 Å². The lowest BCUT2D eigenvalue weighted by Gasteiger charge is -2.22. The Bertz CT molecular complexity index is 341. The van der Waals surface area contributed by atoms with E-state index in [2.05, 4.69) is 42.4 Å². The molecule has 1 aromatic rings. The summed E-state index contributed by atoms with van der Waals surface area (Å²) in [7, 11) is 0. The van der Waals surface area contributed by atoms with Crippen molar-refractivity contribution in [2.75, 3.05) is 12.4 Å².